The van der Waals surface area contributed by atoms with Crippen LogP contribution in [0.25, 0.3) is 5.69 Å². The van der Waals surface area contributed by atoms with Crippen molar-refractivity contribution in [2.75, 3.05) is 32.8 Å². The van der Waals surface area contributed by atoms with Crippen LogP contribution in [0.3, 0.4) is 0 Å². The summed E-state index contributed by atoms with van der Waals surface area (Å²) in [5.74, 6) is -0.152. The molecule has 1 spiro atoms. The van der Waals surface area contributed by atoms with Crippen LogP contribution in [0.1, 0.15) is 88.1 Å². The molecule has 4 N–H and O–H groups in total. The van der Waals surface area contributed by atoms with Gasteiger partial charge in [-0.25, -0.2) is 17.8 Å². The third kappa shape index (κ3) is 7.86. The van der Waals surface area contributed by atoms with Crippen molar-refractivity contribution in [1.29, 1.82) is 0 Å². The van der Waals surface area contributed by atoms with Crippen molar-refractivity contribution in [2.45, 2.75) is 114 Å². The molecule has 2 saturated heterocycles. The number of piperazine rings is 1. The molecule has 3 fully saturated rings. The molecule has 1 saturated carbocycles. The van der Waals surface area contributed by atoms with Gasteiger partial charge in [0, 0.05) is 50.4 Å². The number of nitrogens with zero attached hydrogens (tertiary/aromatic N) is 4. The number of piperidine rings is 1. The van der Waals surface area contributed by atoms with Gasteiger partial charge in [-0.3, -0.25) is 14.5 Å². The Balaban J connectivity index is 0.00000500. The monoisotopic (exact) mass is 694 g/mol. The van der Waals surface area contributed by atoms with E-state index in [4.69, 9.17) is 10.2 Å². The second kappa shape index (κ2) is 15.3. The fourth-order valence-corrected chi connectivity index (χ4v) is 8.46. The van der Waals surface area contributed by atoms with Crippen molar-refractivity contribution in [3.05, 3.63) is 41.2 Å². The van der Waals surface area contributed by atoms with Crippen LogP contribution in [0, 0.1) is 13.8 Å². The van der Waals surface area contributed by atoms with E-state index in [0.29, 0.717) is 51.9 Å². The molecule has 2 aromatic rings. The number of aromatic nitrogens is 2. The number of carbonyl (C=O) groups excluding carboxylic acids is 2. The minimum atomic E-state index is -3.71. The summed E-state index contributed by atoms with van der Waals surface area (Å²) in [7, 11) is -3.71. The Labute approximate surface area is 284 Å². The van der Waals surface area contributed by atoms with Crippen molar-refractivity contribution in [3.63, 3.8) is 0 Å². The van der Waals surface area contributed by atoms with Crippen LogP contribution in [0.2, 0.25) is 0 Å². The number of amides is 2. The fraction of sp³-hybridized carbons (Fsp3) is 0.667. The van der Waals surface area contributed by atoms with Crippen LogP contribution in [-0.2, 0) is 26.2 Å². The fourth-order valence-electron chi connectivity index (χ4n) is 7.44. The predicted molar refractivity (Wildman–Crippen MR) is 181 cm³/mol. The second-order valence-corrected chi connectivity index (χ2v) is 15.1. The molecule has 0 radical (unpaired) electrons. The first-order valence-electron chi connectivity index (χ1n) is 16.8. The highest BCUT2D eigenvalue weighted by Gasteiger charge is 2.54. The van der Waals surface area contributed by atoms with Crippen LogP contribution in [-0.4, -0.2) is 100.0 Å². The van der Waals surface area contributed by atoms with Gasteiger partial charge in [0.2, 0.25) is 21.8 Å². The number of benzene rings is 1. The number of likely N-dealkylation sites (tertiary alicyclic amines) is 1. The lowest BCUT2D eigenvalue weighted by Gasteiger charge is -2.52. The van der Waals surface area contributed by atoms with E-state index in [0.717, 1.165) is 54.7 Å². The number of rotatable bonds is 12. The zero-order chi connectivity index (χ0) is 33.1. The average Bonchev–Trinajstić information content (AvgIpc) is 3.32. The molecule has 3 heterocycles. The normalized spacial score (nSPS) is 21.5. The van der Waals surface area contributed by atoms with E-state index in [1.807, 2.05) is 23.4 Å². The maximum atomic E-state index is 13.9. The Bertz CT molecular complexity index is 1500. The van der Waals surface area contributed by atoms with Gasteiger partial charge in [-0.15, -0.1) is 12.4 Å². The smallest absolute Gasteiger partial charge is 0.246 e. The van der Waals surface area contributed by atoms with Gasteiger partial charge < -0.3 is 20.4 Å². The molecular formula is C33H51ClN6O6S. The first-order valence-corrected chi connectivity index (χ1v) is 18.2. The predicted octanol–water partition coefficient (Wildman–Crippen LogP) is 2.73. The molecule has 1 aromatic heterocycles. The number of hydrogen-bond acceptors (Lipinski definition) is 8. The average molecular weight is 695 g/mol. The zero-order valence-corrected chi connectivity index (χ0v) is 29.5. The lowest BCUT2D eigenvalue weighted by molar-refractivity contribution is -0.163. The molecule has 1 atom stereocenters. The van der Waals surface area contributed by atoms with Crippen LogP contribution in [0.15, 0.2) is 29.2 Å². The van der Waals surface area contributed by atoms with Gasteiger partial charge in [-0.1, -0.05) is 32.6 Å². The Hall–Kier alpha value is -2.55. The highest BCUT2D eigenvalue weighted by Crippen LogP contribution is 2.38. The maximum absolute atomic E-state index is 13.9. The standard InChI is InChI=1S/C33H50N6O6S.ClH/c1-4-5-18-38-30(41)29(22-32(43)13-7-6-8-14-32)35-31(42)33(38)15-19-37(20-16-33)23-28-24(2)36-39(25(28)3)26-9-11-27(12-10-26)46(44,45)34-17-21-40;/h9-12,29,34,40,43H,4-8,13-23H2,1-3H3,(H,35,42);1H/t29-;/m1./s1. The highest BCUT2D eigenvalue weighted by atomic mass is 35.5. The third-order valence-electron chi connectivity index (χ3n) is 10.2. The Morgan fingerprint density at radius 1 is 1.04 bits per heavy atom. The molecule has 2 amide bonds. The molecule has 12 nitrogen and oxygen atoms in total. The summed E-state index contributed by atoms with van der Waals surface area (Å²) in [6.45, 7) is 8.19. The van der Waals surface area contributed by atoms with Gasteiger partial charge in [-0.2, -0.15) is 5.10 Å². The number of carbonyl (C=O) groups is 2. The van der Waals surface area contributed by atoms with Crippen LogP contribution >= 0.6 is 12.4 Å². The van der Waals surface area contributed by atoms with Crippen molar-refractivity contribution >= 4 is 34.2 Å². The van der Waals surface area contributed by atoms with E-state index in [9.17, 15) is 23.1 Å². The zero-order valence-electron chi connectivity index (χ0n) is 27.8. The molecule has 0 unspecified atom stereocenters. The lowest BCUT2D eigenvalue weighted by Crippen LogP contribution is -2.73. The topological polar surface area (TPSA) is 157 Å². The van der Waals surface area contributed by atoms with E-state index in [1.165, 1.54) is 12.1 Å². The van der Waals surface area contributed by atoms with Crippen LogP contribution in [0.5, 0.6) is 0 Å². The summed E-state index contributed by atoms with van der Waals surface area (Å²) in [6, 6.07) is 5.79. The number of halogens is 1. The summed E-state index contributed by atoms with van der Waals surface area (Å²) in [4.78, 5) is 32.0. The molecule has 1 aromatic carbocycles. The molecule has 0 bridgehead atoms. The molecule has 1 aliphatic carbocycles. The molecule has 47 heavy (non-hydrogen) atoms. The summed E-state index contributed by atoms with van der Waals surface area (Å²) < 4.78 is 29.0. The Morgan fingerprint density at radius 3 is 2.32 bits per heavy atom. The van der Waals surface area contributed by atoms with Crippen molar-refractivity contribution in [1.82, 2.24) is 29.6 Å². The SMILES string of the molecule is CCCCN1C(=O)[C@@H](CC2(O)CCCCC2)NC(=O)C12CCN(Cc1c(C)nn(-c3ccc(S(=O)(=O)NCCO)cc3)c1C)CC2.Cl. The van der Waals surface area contributed by atoms with Crippen molar-refractivity contribution < 1.29 is 28.2 Å². The first-order chi connectivity index (χ1) is 21.9. The first kappa shape index (κ1) is 37.3. The van der Waals surface area contributed by atoms with E-state index in [-0.39, 0.29) is 48.7 Å². The minimum Gasteiger partial charge on any atom is -0.395 e. The third-order valence-corrected chi connectivity index (χ3v) is 11.7. The number of nitrogens with one attached hydrogen (secondary N) is 2. The van der Waals surface area contributed by atoms with Gasteiger partial charge in [0.05, 0.1) is 28.5 Å². The largest absolute Gasteiger partial charge is 0.395 e. The van der Waals surface area contributed by atoms with Gasteiger partial charge in [0.25, 0.3) is 0 Å². The van der Waals surface area contributed by atoms with Gasteiger partial charge in [0.15, 0.2) is 0 Å². The van der Waals surface area contributed by atoms with Gasteiger partial charge in [-0.05, 0) is 70.2 Å². The van der Waals surface area contributed by atoms with Crippen LogP contribution in [0.4, 0.5) is 0 Å². The van der Waals surface area contributed by atoms with Gasteiger partial charge in [0.1, 0.15) is 11.6 Å². The maximum Gasteiger partial charge on any atom is 0.246 e. The van der Waals surface area contributed by atoms with E-state index in [1.54, 1.807) is 12.1 Å². The molecular weight excluding hydrogens is 644 g/mol. The highest BCUT2D eigenvalue weighted by molar-refractivity contribution is 7.89. The number of hydrogen-bond donors (Lipinski definition) is 4. The van der Waals surface area contributed by atoms with E-state index in [2.05, 4.69) is 21.9 Å². The Kier molecular flexibility index (Phi) is 12.2. The summed E-state index contributed by atoms with van der Waals surface area (Å²) in [5.41, 5.74) is 1.86. The van der Waals surface area contributed by atoms with E-state index < -0.39 is 27.2 Å². The number of unbranched alkanes of at least 4 members (excludes halogenated alkanes) is 1. The molecule has 14 heteroatoms. The molecule has 5 rings (SSSR count). The van der Waals surface area contributed by atoms with Crippen molar-refractivity contribution in [3.8, 4) is 5.69 Å². The molecule has 3 aliphatic rings. The quantitative estimate of drug-likeness (QED) is 0.264. The number of sulfonamides is 1. The summed E-state index contributed by atoms with van der Waals surface area (Å²) in [5, 5.41) is 28.0. The molecule has 2 aliphatic heterocycles. The van der Waals surface area contributed by atoms with Crippen LogP contribution < -0.4 is 10.0 Å². The number of aliphatic hydroxyl groups is 2. The minimum absolute atomic E-state index is 0. The summed E-state index contributed by atoms with van der Waals surface area (Å²) in [6.07, 6.45) is 7.45. The van der Waals surface area contributed by atoms with E-state index >= 15 is 0 Å². The van der Waals surface area contributed by atoms with Crippen molar-refractivity contribution in [2.24, 2.45) is 0 Å². The number of aryl methyl sites for hydroxylation is 1. The second-order valence-electron chi connectivity index (χ2n) is 13.3. The summed E-state index contributed by atoms with van der Waals surface area (Å²) >= 11 is 0. The number of aliphatic hydroxyl groups excluding tert-OH is 1. The van der Waals surface area contributed by atoms with Gasteiger partial charge >= 0.3 is 0 Å². The molecule has 262 valence electrons. The Morgan fingerprint density at radius 2 is 1.70 bits per heavy atom. The lowest BCUT2D eigenvalue weighted by atomic mass is 9.77.